The summed E-state index contributed by atoms with van der Waals surface area (Å²) >= 11 is -0.0387. The van der Waals surface area contributed by atoms with Crippen molar-refractivity contribution < 1.29 is 4.74 Å². The quantitative estimate of drug-likeness (QED) is 0.135. The van der Waals surface area contributed by atoms with Gasteiger partial charge in [-0.25, -0.2) is 0 Å². The van der Waals surface area contributed by atoms with Crippen molar-refractivity contribution >= 4 is 65.2 Å². The Balaban J connectivity index is 1.86. The average molecular weight is 676 g/mol. The molecule has 0 aliphatic carbocycles. The summed E-state index contributed by atoms with van der Waals surface area (Å²) in [5.74, 6) is 1.17. The van der Waals surface area contributed by atoms with E-state index in [1.807, 2.05) is 22.7 Å². The van der Waals surface area contributed by atoms with Crippen LogP contribution >= 0.6 is 22.7 Å². The van der Waals surface area contributed by atoms with Gasteiger partial charge in [0, 0.05) is 0 Å². The molecule has 31 heavy (non-hydrogen) atoms. The molecule has 0 aromatic carbocycles. The van der Waals surface area contributed by atoms with Gasteiger partial charge in [-0.05, 0) is 0 Å². The van der Waals surface area contributed by atoms with Crippen molar-refractivity contribution in [2.75, 3.05) is 6.61 Å². The zero-order valence-corrected chi connectivity index (χ0v) is 28.6. The summed E-state index contributed by atoms with van der Waals surface area (Å²) in [6.45, 7) is 3.16. The van der Waals surface area contributed by atoms with E-state index in [1.165, 1.54) is 79.7 Å². The van der Waals surface area contributed by atoms with Gasteiger partial charge in [0.05, 0.1) is 0 Å². The number of ether oxygens (including phenoxy) is 1. The maximum atomic E-state index is 6.40. The maximum absolute atomic E-state index is 6.40. The molecule has 0 aliphatic rings. The summed E-state index contributed by atoms with van der Waals surface area (Å²) in [5, 5.41) is 0. The molecule has 0 fully saturated rings. The summed E-state index contributed by atoms with van der Waals surface area (Å²) in [7, 11) is 0. The zero-order chi connectivity index (χ0) is 22.9. The van der Waals surface area contributed by atoms with Crippen molar-refractivity contribution in [1.29, 1.82) is 0 Å². The molecular formula is C26H46OS2Sn2. The van der Waals surface area contributed by atoms with Crippen LogP contribution in [0, 0.1) is 0 Å². The fourth-order valence-corrected chi connectivity index (χ4v) is 16.3. The van der Waals surface area contributed by atoms with E-state index in [0.717, 1.165) is 6.61 Å². The Morgan fingerprint density at radius 3 is 1.74 bits per heavy atom. The number of unbranched alkanes of at least 4 members (excludes halogenated alkanes) is 9. The Morgan fingerprint density at radius 1 is 0.677 bits per heavy atom. The number of thiophene rings is 2. The average Bonchev–Trinajstić information content (AvgIpc) is 3.32. The van der Waals surface area contributed by atoms with Crippen LogP contribution in [0.2, 0.25) is 29.6 Å². The van der Waals surface area contributed by atoms with E-state index >= 15 is 0 Å². The predicted octanol–water partition coefficient (Wildman–Crippen LogP) is 8.87. The molecule has 0 unspecified atom stereocenters. The van der Waals surface area contributed by atoms with Crippen LogP contribution in [0.15, 0.2) is 18.2 Å². The van der Waals surface area contributed by atoms with Gasteiger partial charge in [0.15, 0.2) is 0 Å². The van der Waals surface area contributed by atoms with E-state index in [1.54, 1.807) is 5.79 Å². The molecule has 176 valence electrons. The van der Waals surface area contributed by atoms with Gasteiger partial charge in [0.1, 0.15) is 0 Å². The monoisotopic (exact) mass is 678 g/mol. The first-order chi connectivity index (χ1) is 14.6. The van der Waals surface area contributed by atoms with Crippen LogP contribution in [0.4, 0.5) is 0 Å². The van der Waals surface area contributed by atoms with Crippen molar-refractivity contribution in [2.45, 2.75) is 101 Å². The summed E-state index contributed by atoms with van der Waals surface area (Å²) in [6.07, 6.45) is 13.7. The van der Waals surface area contributed by atoms with Gasteiger partial charge in [-0.1, -0.05) is 26.2 Å². The molecule has 0 aliphatic heterocycles. The number of hydrogen-bond donors (Lipinski definition) is 0. The molecule has 0 spiro atoms. The van der Waals surface area contributed by atoms with Crippen LogP contribution in [0.25, 0.3) is 9.75 Å². The molecule has 1 nitrogen and oxygen atoms in total. The second-order valence-corrected chi connectivity index (χ2v) is 44.0. The number of rotatable bonds is 15. The molecule has 5 heteroatoms. The first kappa shape index (κ1) is 28.0. The predicted molar refractivity (Wildman–Crippen MR) is 151 cm³/mol. The van der Waals surface area contributed by atoms with Crippen LogP contribution in [0.1, 0.15) is 71.1 Å². The second-order valence-electron chi connectivity index (χ2n) is 11.0. The molecule has 0 saturated carbocycles. The van der Waals surface area contributed by atoms with Gasteiger partial charge >= 0.3 is 185 Å². The molecule has 2 aromatic rings. The van der Waals surface area contributed by atoms with Crippen molar-refractivity contribution in [3.05, 3.63) is 18.2 Å². The van der Waals surface area contributed by atoms with Gasteiger partial charge < -0.3 is 0 Å². The van der Waals surface area contributed by atoms with Gasteiger partial charge in [-0.2, -0.15) is 0 Å². The van der Waals surface area contributed by atoms with E-state index in [0.29, 0.717) is 0 Å². The third-order valence-corrected chi connectivity index (χ3v) is 27.1. The molecule has 2 rings (SSSR count). The topological polar surface area (TPSA) is 9.23 Å². The Labute approximate surface area is 209 Å². The molecule has 0 N–H and O–H groups in total. The Morgan fingerprint density at radius 2 is 1.23 bits per heavy atom. The summed E-state index contributed by atoms with van der Waals surface area (Å²) in [6, 6.07) is 7.18. The second kappa shape index (κ2) is 13.6. The van der Waals surface area contributed by atoms with Gasteiger partial charge in [-0.3, -0.25) is 0 Å². The van der Waals surface area contributed by atoms with E-state index < -0.39 is 36.8 Å². The summed E-state index contributed by atoms with van der Waals surface area (Å²) in [5.41, 5.74) is 0. The van der Waals surface area contributed by atoms with Crippen molar-refractivity contribution in [1.82, 2.24) is 0 Å². The summed E-state index contributed by atoms with van der Waals surface area (Å²) in [4.78, 5) is 17.9. The van der Waals surface area contributed by atoms with Crippen LogP contribution < -0.4 is 10.5 Å². The van der Waals surface area contributed by atoms with Crippen LogP contribution in [0.3, 0.4) is 0 Å². The Bertz CT molecular complexity index is 765. The van der Waals surface area contributed by atoms with Crippen LogP contribution in [-0.2, 0) is 0 Å². The zero-order valence-electron chi connectivity index (χ0n) is 21.2. The molecule has 0 bridgehead atoms. The van der Waals surface area contributed by atoms with Crippen LogP contribution in [0.5, 0.6) is 5.75 Å². The minimum atomic E-state index is -2.10. The number of hydrogen-bond acceptors (Lipinski definition) is 3. The van der Waals surface area contributed by atoms with E-state index in [9.17, 15) is 0 Å². The van der Waals surface area contributed by atoms with Crippen molar-refractivity contribution in [2.24, 2.45) is 0 Å². The van der Waals surface area contributed by atoms with Crippen molar-refractivity contribution in [3.8, 4) is 15.5 Å². The Kier molecular flexibility index (Phi) is 12.3. The molecule has 2 aromatic heterocycles. The fraction of sp³-hybridized carbons (Fsp3) is 0.692. The molecule has 0 saturated heterocycles. The fourth-order valence-electron chi connectivity index (χ4n) is 3.66. The van der Waals surface area contributed by atoms with Gasteiger partial charge in [-0.15, -0.1) is 0 Å². The molecule has 2 heterocycles. The first-order valence-corrected chi connectivity index (χ1v) is 34.1. The van der Waals surface area contributed by atoms with E-state index in [4.69, 9.17) is 4.74 Å². The summed E-state index contributed by atoms with van der Waals surface area (Å²) < 4.78 is 9.70. The third-order valence-electron chi connectivity index (χ3n) is 5.76. The van der Waals surface area contributed by atoms with E-state index in [-0.39, 0.29) is 0 Å². The van der Waals surface area contributed by atoms with E-state index in [2.05, 4.69) is 54.8 Å². The molecule has 0 radical (unpaired) electrons. The SMILES string of the molecule is CCCCCCCCCCCCOc1c[c]([Sn]([CH3])([CH3])[CH3])sc1-c1cc[c]([Sn]([CH3])([CH3])[CH3])s1. The minimum absolute atomic E-state index is 0.871. The standard InChI is InChI=1S/C20H28OS2.6CH3.2Sn/c1-2-3-4-5-6-7-8-9-10-11-15-21-18-14-17-23-20(18)19-13-12-16-22-19;;;;;;;;/h12-14H,2-11,15H2,1H3;6*1H3;;. The van der Waals surface area contributed by atoms with Crippen molar-refractivity contribution in [3.63, 3.8) is 0 Å². The normalized spacial score (nSPS) is 12.5. The Hall–Kier alpha value is 0.797. The molecular weight excluding hydrogens is 630 g/mol. The van der Waals surface area contributed by atoms with Crippen LogP contribution in [-0.4, -0.2) is 43.4 Å². The molecule has 0 amide bonds. The third kappa shape index (κ3) is 9.90. The van der Waals surface area contributed by atoms with Gasteiger partial charge in [0.2, 0.25) is 0 Å². The first-order valence-electron chi connectivity index (χ1n) is 12.5. The van der Waals surface area contributed by atoms with Gasteiger partial charge in [0.25, 0.3) is 0 Å². The molecule has 0 atom stereocenters.